The van der Waals surface area contributed by atoms with Crippen molar-refractivity contribution in [2.75, 3.05) is 19.7 Å². The van der Waals surface area contributed by atoms with Crippen LogP contribution in [0.4, 0.5) is 4.79 Å². The molecule has 3 amide bonds. The number of amides is 3. The summed E-state index contributed by atoms with van der Waals surface area (Å²) in [6.45, 7) is 0.202. The van der Waals surface area contributed by atoms with Gasteiger partial charge in [-0.3, -0.25) is 14.4 Å². The number of alkyl carbamates (subject to hydrolysis) is 1. The van der Waals surface area contributed by atoms with E-state index >= 15 is 0 Å². The molecule has 0 aromatic heterocycles. The Balaban J connectivity index is 1.19. The van der Waals surface area contributed by atoms with Crippen molar-refractivity contribution in [2.45, 2.75) is 31.2 Å². The first kappa shape index (κ1) is 22.9. The first-order valence-electron chi connectivity index (χ1n) is 11.8. The van der Waals surface area contributed by atoms with E-state index in [9.17, 15) is 24.3 Å². The van der Waals surface area contributed by atoms with Gasteiger partial charge in [0.25, 0.3) is 0 Å². The summed E-state index contributed by atoms with van der Waals surface area (Å²) in [6.07, 6.45) is 1.26. The van der Waals surface area contributed by atoms with Crippen molar-refractivity contribution < 1.29 is 29.0 Å². The Bertz CT molecular complexity index is 1150. The van der Waals surface area contributed by atoms with Gasteiger partial charge in [0, 0.05) is 19.0 Å². The minimum Gasteiger partial charge on any atom is -0.481 e. The van der Waals surface area contributed by atoms with Crippen molar-refractivity contribution >= 4 is 23.9 Å². The number of hydrogen-bond acceptors (Lipinski definition) is 5. The second-order valence-corrected chi connectivity index (χ2v) is 9.45. The van der Waals surface area contributed by atoms with Gasteiger partial charge in [0.05, 0.1) is 5.41 Å². The Kier molecular flexibility index (Phi) is 5.92. The molecule has 9 heteroatoms. The summed E-state index contributed by atoms with van der Waals surface area (Å²) in [5.41, 5.74) is 3.62. The predicted octanol–water partition coefficient (Wildman–Crippen LogP) is 2.01. The van der Waals surface area contributed by atoms with Crippen molar-refractivity contribution in [2.24, 2.45) is 11.3 Å². The van der Waals surface area contributed by atoms with Crippen LogP contribution >= 0.6 is 0 Å². The minimum absolute atomic E-state index is 0.0237. The molecule has 2 aliphatic carbocycles. The summed E-state index contributed by atoms with van der Waals surface area (Å²) in [6, 6.07) is 15.0. The van der Waals surface area contributed by atoms with Crippen LogP contribution in [0.15, 0.2) is 48.5 Å². The first-order chi connectivity index (χ1) is 16.9. The molecule has 1 saturated heterocycles. The van der Waals surface area contributed by atoms with Crippen molar-refractivity contribution in [1.29, 1.82) is 0 Å². The summed E-state index contributed by atoms with van der Waals surface area (Å²) < 4.78 is 5.56. The number of carbonyl (C=O) groups is 4. The third kappa shape index (κ3) is 4.11. The zero-order valence-corrected chi connectivity index (χ0v) is 19.1. The fraction of sp³-hybridized carbons (Fsp3) is 0.385. The van der Waals surface area contributed by atoms with Crippen molar-refractivity contribution in [3.63, 3.8) is 0 Å². The molecule has 182 valence electrons. The molecule has 0 spiro atoms. The van der Waals surface area contributed by atoms with Gasteiger partial charge in [-0.15, -0.1) is 0 Å². The Morgan fingerprint density at radius 3 is 2.23 bits per heavy atom. The van der Waals surface area contributed by atoms with E-state index in [-0.39, 0.29) is 25.6 Å². The van der Waals surface area contributed by atoms with E-state index in [1.807, 2.05) is 36.4 Å². The Morgan fingerprint density at radius 2 is 1.66 bits per heavy atom. The van der Waals surface area contributed by atoms with Gasteiger partial charge < -0.3 is 25.8 Å². The summed E-state index contributed by atoms with van der Waals surface area (Å²) >= 11 is 0. The zero-order chi connectivity index (χ0) is 24.6. The van der Waals surface area contributed by atoms with Crippen molar-refractivity contribution in [3.8, 4) is 11.1 Å². The molecule has 2 atom stereocenters. The molecular formula is C26H27N3O6. The molecule has 2 aromatic rings. The number of hydrogen-bond donors (Lipinski definition) is 4. The number of rotatable bonds is 7. The van der Waals surface area contributed by atoms with E-state index in [1.54, 1.807) is 0 Å². The molecule has 0 radical (unpaired) electrons. The van der Waals surface area contributed by atoms with Crippen LogP contribution in [-0.2, 0) is 19.1 Å². The van der Waals surface area contributed by atoms with Gasteiger partial charge in [0.2, 0.25) is 11.8 Å². The van der Waals surface area contributed by atoms with E-state index < -0.39 is 41.3 Å². The number of carboxylic acid groups (broad SMARTS) is 1. The van der Waals surface area contributed by atoms with Gasteiger partial charge >= 0.3 is 12.1 Å². The highest BCUT2D eigenvalue weighted by Gasteiger charge is 2.48. The largest absolute Gasteiger partial charge is 0.481 e. The predicted molar refractivity (Wildman–Crippen MR) is 125 cm³/mol. The van der Waals surface area contributed by atoms with E-state index in [1.165, 1.54) is 0 Å². The molecule has 2 aromatic carbocycles. The molecule has 4 N–H and O–H groups in total. The average molecular weight is 478 g/mol. The SMILES string of the molecule is O=C(NCC1(C(=O)NC2C(=O)NCC2C(=O)O)CCC1)OCC1c2ccccc2-c2ccccc21. The topological polar surface area (TPSA) is 134 Å². The number of carboxylic acids is 1. The molecule has 1 heterocycles. The first-order valence-corrected chi connectivity index (χ1v) is 11.8. The fourth-order valence-electron chi connectivity index (χ4n) is 5.29. The summed E-state index contributed by atoms with van der Waals surface area (Å²) in [7, 11) is 0. The number of benzene rings is 2. The van der Waals surface area contributed by atoms with Crippen LogP contribution in [0.1, 0.15) is 36.3 Å². The molecule has 2 fully saturated rings. The van der Waals surface area contributed by atoms with Gasteiger partial charge in [-0.05, 0) is 35.1 Å². The Morgan fingerprint density at radius 1 is 1.03 bits per heavy atom. The highest BCUT2D eigenvalue weighted by atomic mass is 16.5. The van der Waals surface area contributed by atoms with E-state index in [2.05, 4.69) is 28.1 Å². The maximum Gasteiger partial charge on any atom is 0.407 e. The third-order valence-electron chi connectivity index (χ3n) is 7.49. The maximum absolute atomic E-state index is 13.0. The molecule has 9 nitrogen and oxygen atoms in total. The van der Waals surface area contributed by atoms with Crippen LogP contribution in [0.3, 0.4) is 0 Å². The molecule has 3 aliphatic rings. The second kappa shape index (κ2) is 9.05. The molecule has 1 saturated carbocycles. The number of carbonyl (C=O) groups excluding carboxylic acids is 3. The molecular weight excluding hydrogens is 450 g/mol. The summed E-state index contributed by atoms with van der Waals surface area (Å²) in [5.74, 6) is -3.16. The van der Waals surface area contributed by atoms with Gasteiger partial charge in [-0.2, -0.15) is 0 Å². The van der Waals surface area contributed by atoms with Crippen LogP contribution in [0.25, 0.3) is 11.1 Å². The van der Waals surface area contributed by atoms with Gasteiger partial charge in [0.15, 0.2) is 0 Å². The van der Waals surface area contributed by atoms with Crippen molar-refractivity contribution in [3.05, 3.63) is 59.7 Å². The second-order valence-electron chi connectivity index (χ2n) is 9.45. The van der Waals surface area contributed by atoms with Crippen LogP contribution < -0.4 is 16.0 Å². The highest BCUT2D eigenvalue weighted by Crippen LogP contribution is 2.44. The quantitative estimate of drug-likeness (QED) is 0.482. The van der Waals surface area contributed by atoms with E-state index in [4.69, 9.17) is 4.74 Å². The van der Waals surface area contributed by atoms with E-state index in [0.29, 0.717) is 12.8 Å². The van der Waals surface area contributed by atoms with Gasteiger partial charge in [0.1, 0.15) is 18.6 Å². The number of ether oxygens (including phenoxy) is 1. The van der Waals surface area contributed by atoms with Crippen LogP contribution in [-0.4, -0.2) is 54.7 Å². The number of nitrogens with one attached hydrogen (secondary N) is 3. The van der Waals surface area contributed by atoms with E-state index in [0.717, 1.165) is 28.7 Å². The lowest BCUT2D eigenvalue weighted by Crippen LogP contribution is -2.57. The molecule has 35 heavy (non-hydrogen) atoms. The fourth-order valence-corrected chi connectivity index (χ4v) is 5.29. The molecule has 5 rings (SSSR count). The lowest BCUT2D eigenvalue weighted by Gasteiger charge is -2.40. The van der Waals surface area contributed by atoms with Gasteiger partial charge in [-0.25, -0.2) is 4.79 Å². The lowest BCUT2D eigenvalue weighted by atomic mass is 9.67. The molecule has 1 aliphatic heterocycles. The van der Waals surface area contributed by atoms with Crippen LogP contribution in [0, 0.1) is 11.3 Å². The van der Waals surface area contributed by atoms with Gasteiger partial charge in [-0.1, -0.05) is 55.0 Å². The summed E-state index contributed by atoms with van der Waals surface area (Å²) in [5, 5.41) is 17.1. The normalized spacial score (nSPS) is 21.8. The average Bonchev–Trinajstić information content (AvgIpc) is 3.35. The molecule has 0 bridgehead atoms. The van der Waals surface area contributed by atoms with Crippen molar-refractivity contribution in [1.82, 2.24) is 16.0 Å². The summed E-state index contributed by atoms with van der Waals surface area (Å²) in [4.78, 5) is 49.0. The van der Waals surface area contributed by atoms with Crippen LogP contribution in [0.2, 0.25) is 0 Å². The molecule has 2 unspecified atom stereocenters. The smallest absolute Gasteiger partial charge is 0.407 e. The standard InChI is InChI=1S/C26H27N3O6/c30-22-21(19(12-27-22)23(31)32)29-24(33)26(10-5-11-26)14-28-25(34)35-13-20-17-8-3-1-6-15(17)16-7-2-4-9-18(16)20/h1-4,6-9,19-21H,5,10-14H2,(H,27,30)(H,28,34)(H,29,33)(H,31,32). The number of fused-ring (bicyclic) bond motifs is 3. The monoisotopic (exact) mass is 477 g/mol. The van der Waals surface area contributed by atoms with Crippen LogP contribution in [0.5, 0.6) is 0 Å². The Hall–Kier alpha value is -3.88. The zero-order valence-electron chi connectivity index (χ0n) is 19.1. The maximum atomic E-state index is 13.0. The Labute approximate surface area is 202 Å². The third-order valence-corrected chi connectivity index (χ3v) is 7.49. The number of aliphatic carboxylic acids is 1. The minimum atomic E-state index is -1.15. The lowest BCUT2D eigenvalue weighted by molar-refractivity contribution is -0.144. The highest BCUT2D eigenvalue weighted by molar-refractivity contribution is 5.96.